The van der Waals surface area contributed by atoms with Crippen molar-refractivity contribution in [3.8, 4) is 0 Å². The van der Waals surface area contributed by atoms with E-state index in [1.54, 1.807) is 0 Å². The number of piperidine rings is 1. The van der Waals surface area contributed by atoms with Crippen molar-refractivity contribution in [2.24, 2.45) is 13.0 Å². The minimum absolute atomic E-state index is 0.582. The third kappa shape index (κ3) is 3.65. The van der Waals surface area contributed by atoms with Crippen molar-refractivity contribution >= 4 is 0 Å². The van der Waals surface area contributed by atoms with Crippen molar-refractivity contribution in [3.05, 3.63) is 11.6 Å². The van der Waals surface area contributed by atoms with Gasteiger partial charge in [0.1, 0.15) is 11.6 Å². The summed E-state index contributed by atoms with van der Waals surface area (Å²) in [7, 11) is 2.14. The van der Waals surface area contributed by atoms with Crippen LogP contribution in [0.15, 0.2) is 0 Å². The van der Waals surface area contributed by atoms with Gasteiger partial charge in [0.25, 0.3) is 0 Å². The van der Waals surface area contributed by atoms with Gasteiger partial charge in [-0.3, -0.25) is 4.90 Å². The topological polar surface area (TPSA) is 46.4 Å². The molecule has 0 aromatic carbocycles. The second-order valence-corrected chi connectivity index (χ2v) is 7.79. The second-order valence-electron chi connectivity index (χ2n) is 7.79. The molecule has 3 aliphatic rings. The van der Waals surface area contributed by atoms with Crippen LogP contribution < -0.4 is 0 Å². The van der Waals surface area contributed by atoms with Crippen LogP contribution in [0.2, 0.25) is 0 Å². The van der Waals surface area contributed by atoms with Gasteiger partial charge in [-0.25, -0.2) is 0 Å². The molecule has 1 saturated carbocycles. The second kappa shape index (κ2) is 7.50. The molecule has 1 aromatic heterocycles. The third-order valence-electron chi connectivity index (χ3n) is 6.16. The quantitative estimate of drug-likeness (QED) is 0.819. The summed E-state index contributed by atoms with van der Waals surface area (Å²) in [6.45, 7) is 8.36. The van der Waals surface area contributed by atoms with E-state index < -0.39 is 0 Å². The van der Waals surface area contributed by atoms with E-state index in [1.807, 2.05) is 0 Å². The van der Waals surface area contributed by atoms with Crippen molar-refractivity contribution < 1.29 is 4.74 Å². The first-order chi connectivity index (χ1) is 11.8. The fraction of sp³-hybridized carbons (Fsp3) is 0.889. The number of rotatable bonds is 5. The predicted octanol–water partition coefficient (Wildman–Crippen LogP) is 1.63. The fourth-order valence-corrected chi connectivity index (χ4v) is 4.24. The van der Waals surface area contributed by atoms with Crippen LogP contribution in [0, 0.1) is 5.92 Å². The van der Waals surface area contributed by atoms with E-state index in [0.29, 0.717) is 5.92 Å². The molecule has 4 rings (SSSR count). The van der Waals surface area contributed by atoms with E-state index in [1.165, 1.54) is 57.6 Å². The zero-order valence-electron chi connectivity index (χ0n) is 15.0. The molecular weight excluding hydrogens is 302 g/mol. The molecule has 0 radical (unpaired) electrons. The van der Waals surface area contributed by atoms with Gasteiger partial charge in [-0.1, -0.05) is 6.42 Å². The molecule has 0 N–H and O–H groups in total. The molecule has 3 heterocycles. The van der Waals surface area contributed by atoms with Gasteiger partial charge in [0, 0.05) is 32.6 Å². The molecular formula is C18H31N5O. The van der Waals surface area contributed by atoms with E-state index in [4.69, 9.17) is 4.74 Å². The van der Waals surface area contributed by atoms with Crippen molar-refractivity contribution in [2.75, 3.05) is 45.9 Å². The summed E-state index contributed by atoms with van der Waals surface area (Å²) in [5.41, 5.74) is 0. The van der Waals surface area contributed by atoms with Crippen LogP contribution in [0.5, 0.6) is 0 Å². The van der Waals surface area contributed by atoms with E-state index in [2.05, 4.69) is 31.6 Å². The maximum absolute atomic E-state index is 5.43. The smallest absolute Gasteiger partial charge is 0.146 e. The summed E-state index contributed by atoms with van der Waals surface area (Å²) in [6, 6.07) is 0. The third-order valence-corrected chi connectivity index (χ3v) is 6.16. The Morgan fingerprint density at radius 3 is 2.38 bits per heavy atom. The maximum atomic E-state index is 5.43. The summed E-state index contributed by atoms with van der Waals surface area (Å²) in [5.74, 6) is 3.86. The minimum atomic E-state index is 0.582. The number of ether oxygens (including phenoxy) is 1. The van der Waals surface area contributed by atoms with E-state index in [9.17, 15) is 0 Å². The number of hydrogen-bond acceptors (Lipinski definition) is 5. The lowest BCUT2D eigenvalue weighted by atomic mass is 9.84. The molecule has 6 nitrogen and oxygen atoms in total. The molecule has 0 unspecified atom stereocenters. The van der Waals surface area contributed by atoms with Gasteiger partial charge in [-0.05, 0) is 44.7 Å². The summed E-state index contributed by atoms with van der Waals surface area (Å²) >= 11 is 0. The predicted molar refractivity (Wildman–Crippen MR) is 92.9 cm³/mol. The summed E-state index contributed by atoms with van der Waals surface area (Å²) in [4.78, 5) is 5.09. The Bertz CT molecular complexity index is 528. The molecule has 0 atom stereocenters. The highest BCUT2D eigenvalue weighted by atomic mass is 16.5. The lowest BCUT2D eigenvalue weighted by Gasteiger charge is -2.36. The highest BCUT2D eigenvalue weighted by molar-refractivity contribution is 5.03. The molecule has 24 heavy (non-hydrogen) atoms. The van der Waals surface area contributed by atoms with Crippen LogP contribution in [0.1, 0.15) is 49.7 Å². The molecule has 0 bridgehead atoms. The van der Waals surface area contributed by atoms with Gasteiger partial charge >= 0.3 is 0 Å². The van der Waals surface area contributed by atoms with Crippen molar-refractivity contribution in [1.29, 1.82) is 0 Å². The van der Waals surface area contributed by atoms with Gasteiger partial charge < -0.3 is 14.2 Å². The molecule has 6 heteroatoms. The zero-order chi connectivity index (χ0) is 16.4. The van der Waals surface area contributed by atoms with Crippen LogP contribution in [-0.4, -0.2) is 70.5 Å². The minimum Gasteiger partial charge on any atom is -0.379 e. The first kappa shape index (κ1) is 16.5. The van der Waals surface area contributed by atoms with Crippen molar-refractivity contribution in [2.45, 2.75) is 44.6 Å². The number of likely N-dealkylation sites (tertiary alicyclic amines) is 1. The molecule has 0 spiro atoms. The summed E-state index contributed by atoms with van der Waals surface area (Å²) < 4.78 is 7.68. The maximum Gasteiger partial charge on any atom is 0.146 e. The molecule has 3 fully saturated rings. The zero-order valence-corrected chi connectivity index (χ0v) is 15.0. The first-order valence-electron chi connectivity index (χ1n) is 9.70. The van der Waals surface area contributed by atoms with Gasteiger partial charge in [-0.15, -0.1) is 10.2 Å². The highest BCUT2D eigenvalue weighted by Crippen LogP contribution is 2.31. The van der Waals surface area contributed by atoms with E-state index in [-0.39, 0.29) is 0 Å². The van der Waals surface area contributed by atoms with Gasteiger partial charge in [0.2, 0.25) is 0 Å². The lowest BCUT2D eigenvalue weighted by Crippen LogP contribution is -2.38. The Hall–Kier alpha value is -0.980. The Balaban J connectivity index is 1.31. The number of aromatic nitrogens is 3. The number of nitrogens with zero attached hydrogens (tertiary/aromatic N) is 5. The van der Waals surface area contributed by atoms with Crippen LogP contribution in [0.4, 0.5) is 0 Å². The summed E-state index contributed by atoms with van der Waals surface area (Å²) in [5, 5.41) is 9.05. The average Bonchev–Trinajstić information content (AvgIpc) is 2.93. The Labute approximate surface area is 145 Å². The molecule has 0 amide bonds. The van der Waals surface area contributed by atoms with Gasteiger partial charge in [0.15, 0.2) is 0 Å². The normalized spacial score (nSPS) is 25.0. The largest absolute Gasteiger partial charge is 0.379 e. The molecule has 2 aliphatic heterocycles. The van der Waals surface area contributed by atoms with Gasteiger partial charge in [0.05, 0.1) is 19.8 Å². The molecule has 1 aliphatic carbocycles. The van der Waals surface area contributed by atoms with E-state index in [0.717, 1.165) is 44.6 Å². The Morgan fingerprint density at radius 1 is 0.958 bits per heavy atom. The van der Waals surface area contributed by atoms with Crippen molar-refractivity contribution in [3.63, 3.8) is 0 Å². The number of morpholine rings is 1. The van der Waals surface area contributed by atoms with Crippen LogP contribution >= 0.6 is 0 Å². The lowest BCUT2D eigenvalue weighted by molar-refractivity contribution is 0.0326. The molecule has 1 aromatic rings. The molecule has 2 saturated heterocycles. The summed E-state index contributed by atoms with van der Waals surface area (Å²) in [6.07, 6.45) is 6.82. The van der Waals surface area contributed by atoms with Gasteiger partial charge in [-0.2, -0.15) is 0 Å². The van der Waals surface area contributed by atoms with Crippen LogP contribution in [0.25, 0.3) is 0 Å². The van der Waals surface area contributed by atoms with Crippen molar-refractivity contribution in [1.82, 2.24) is 24.6 Å². The van der Waals surface area contributed by atoms with Crippen LogP contribution in [-0.2, 0) is 18.3 Å². The first-order valence-corrected chi connectivity index (χ1v) is 9.70. The average molecular weight is 333 g/mol. The monoisotopic (exact) mass is 333 g/mol. The number of hydrogen-bond donors (Lipinski definition) is 0. The molecule has 134 valence electrons. The SMILES string of the molecule is Cn1c(CN2CCOCC2)nnc1C1CCN(CC2CCC2)CC1. The standard InChI is InChI=1S/C18H31N5O/c1-21-17(14-23-9-11-24-12-10-23)19-20-18(21)16-5-7-22(8-6-16)13-15-3-2-4-15/h15-16H,2-14H2,1H3. The highest BCUT2D eigenvalue weighted by Gasteiger charge is 2.28. The Kier molecular flexibility index (Phi) is 5.15. The Morgan fingerprint density at radius 2 is 1.71 bits per heavy atom. The fourth-order valence-electron chi connectivity index (χ4n) is 4.24. The van der Waals surface area contributed by atoms with Crippen LogP contribution in [0.3, 0.4) is 0 Å². The van der Waals surface area contributed by atoms with E-state index >= 15 is 0 Å².